The van der Waals surface area contributed by atoms with E-state index in [0.717, 1.165) is 11.3 Å². The molecule has 20 heavy (non-hydrogen) atoms. The van der Waals surface area contributed by atoms with E-state index in [1.807, 2.05) is 38.1 Å². The Balaban J connectivity index is 2.42. The van der Waals surface area contributed by atoms with Crippen LogP contribution in [0.5, 0.6) is 5.75 Å². The number of nitrogens with one attached hydrogen (secondary N) is 2. The summed E-state index contributed by atoms with van der Waals surface area (Å²) in [4.78, 5) is 11.8. The Morgan fingerprint density at radius 1 is 1.15 bits per heavy atom. The third-order valence-electron chi connectivity index (χ3n) is 3.57. The van der Waals surface area contributed by atoms with E-state index >= 15 is 0 Å². The predicted octanol–water partition coefficient (Wildman–Crippen LogP) is 2.51. The summed E-state index contributed by atoms with van der Waals surface area (Å²) in [5.41, 5.74) is 1.13. The van der Waals surface area contributed by atoms with Crippen LogP contribution in [0.3, 0.4) is 0 Å². The summed E-state index contributed by atoms with van der Waals surface area (Å²) in [6.07, 6.45) is 0. The first-order chi connectivity index (χ1) is 9.43. The van der Waals surface area contributed by atoms with Crippen molar-refractivity contribution in [1.29, 1.82) is 0 Å². The minimum Gasteiger partial charge on any atom is -0.497 e. The number of methoxy groups -OCH3 is 1. The molecule has 112 valence electrons. The lowest BCUT2D eigenvalue weighted by atomic mass is 10.1. The summed E-state index contributed by atoms with van der Waals surface area (Å²) in [6.45, 7) is 8.58. The first-order valence-corrected chi connectivity index (χ1v) is 7.10. The molecular weight excluding hydrogens is 252 g/mol. The minimum absolute atomic E-state index is 0.0339. The third-order valence-corrected chi connectivity index (χ3v) is 3.57. The third kappa shape index (κ3) is 5.21. The zero-order valence-corrected chi connectivity index (χ0v) is 13.1. The topological polar surface area (TPSA) is 50.4 Å². The van der Waals surface area contributed by atoms with Crippen molar-refractivity contribution in [3.63, 3.8) is 0 Å². The molecule has 0 saturated heterocycles. The van der Waals surface area contributed by atoms with Gasteiger partial charge in [0, 0.05) is 12.1 Å². The molecule has 0 aliphatic rings. The van der Waals surface area contributed by atoms with E-state index in [1.165, 1.54) is 0 Å². The summed E-state index contributed by atoms with van der Waals surface area (Å²) in [6, 6.07) is 8.18. The Hall–Kier alpha value is -1.55. The molecule has 0 aliphatic heterocycles. The number of amides is 1. The lowest BCUT2D eigenvalue weighted by Crippen LogP contribution is -2.41. The molecule has 0 radical (unpaired) electrons. The predicted molar refractivity (Wildman–Crippen MR) is 81.9 cm³/mol. The van der Waals surface area contributed by atoms with Crippen molar-refractivity contribution in [2.45, 2.75) is 39.8 Å². The second kappa shape index (κ2) is 7.90. The minimum atomic E-state index is 0.0339. The van der Waals surface area contributed by atoms with Gasteiger partial charge in [-0.2, -0.15) is 0 Å². The first-order valence-electron chi connectivity index (χ1n) is 7.10. The standard InChI is InChI=1S/C16H26N2O2/c1-11(2)12(3)18-16(19)10-17-13(4)14-6-8-15(20-5)9-7-14/h6-9,11-13,17H,10H2,1-5H3,(H,18,19). The van der Waals surface area contributed by atoms with Gasteiger partial charge in [0.15, 0.2) is 0 Å². The van der Waals surface area contributed by atoms with E-state index in [9.17, 15) is 4.79 Å². The van der Waals surface area contributed by atoms with Crippen LogP contribution in [0.15, 0.2) is 24.3 Å². The van der Waals surface area contributed by atoms with Crippen molar-refractivity contribution in [2.75, 3.05) is 13.7 Å². The summed E-state index contributed by atoms with van der Waals surface area (Å²) >= 11 is 0. The Morgan fingerprint density at radius 3 is 2.25 bits per heavy atom. The quantitative estimate of drug-likeness (QED) is 0.805. The molecule has 0 bridgehead atoms. The van der Waals surface area contributed by atoms with Gasteiger partial charge in [-0.25, -0.2) is 0 Å². The Morgan fingerprint density at radius 2 is 1.75 bits per heavy atom. The molecule has 1 aromatic carbocycles. The average molecular weight is 278 g/mol. The molecule has 1 amide bonds. The lowest BCUT2D eigenvalue weighted by Gasteiger charge is -2.19. The monoisotopic (exact) mass is 278 g/mol. The highest BCUT2D eigenvalue weighted by atomic mass is 16.5. The number of hydrogen-bond donors (Lipinski definition) is 2. The van der Waals surface area contributed by atoms with Crippen LogP contribution in [0.4, 0.5) is 0 Å². The molecule has 1 rings (SSSR count). The highest BCUT2D eigenvalue weighted by Crippen LogP contribution is 2.16. The number of benzene rings is 1. The molecule has 0 fully saturated rings. The number of carbonyl (C=O) groups is 1. The van der Waals surface area contributed by atoms with Gasteiger partial charge >= 0.3 is 0 Å². The van der Waals surface area contributed by atoms with Gasteiger partial charge < -0.3 is 15.4 Å². The number of ether oxygens (including phenoxy) is 1. The molecule has 0 aromatic heterocycles. The van der Waals surface area contributed by atoms with Gasteiger partial charge in [0.05, 0.1) is 13.7 Å². The molecule has 0 spiro atoms. The van der Waals surface area contributed by atoms with Crippen LogP contribution in [-0.2, 0) is 4.79 Å². The molecule has 2 N–H and O–H groups in total. The number of hydrogen-bond acceptors (Lipinski definition) is 3. The fraction of sp³-hybridized carbons (Fsp3) is 0.562. The molecule has 4 nitrogen and oxygen atoms in total. The van der Waals surface area contributed by atoms with Crippen LogP contribution in [0, 0.1) is 5.92 Å². The van der Waals surface area contributed by atoms with Crippen molar-refractivity contribution in [3.8, 4) is 5.75 Å². The maximum absolute atomic E-state index is 11.8. The molecule has 0 aliphatic carbocycles. The molecule has 2 unspecified atom stereocenters. The van der Waals surface area contributed by atoms with Crippen molar-refractivity contribution in [2.24, 2.45) is 5.92 Å². The van der Waals surface area contributed by atoms with E-state index in [4.69, 9.17) is 4.74 Å². The molecule has 2 atom stereocenters. The zero-order chi connectivity index (χ0) is 15.1. The van der Waals surface area contributed by atoms with Crippen molar-refractivity contribution < 1.29 is 9.53 Å². The fourth-order valence-electron chi connectivity index (χ4n) is 1.73. The number of rotatable bonds is 7. The van der Waals surface area contributed by atoms with Crippen LogP contribution < -0.4 is 15.4 Å². The Labute approximate surface area is 121 Å². The summed E-state index contributed by atoms with van der Waals surface area (Å²) in [5, 5.41) is 6.21. The van der Waals surface area contributed by atoms with Crippen LogP contribution in [0.1, 0.15) is 39.3 Å². The smallest absolute Gasteiger partial charge is 0.234 e. The molecule has 1 aromatic rings. The van der Waals surface area contributed by atoms with E-state index in [0.29, 0.717) is 12.5 Å². The lowest BCUT2D eigenvalue weighted by molar-refractivity contribution is -0.121. The largest absolute Gasteiger partial charge is 0.497 e. The maximum atomic E-state index is 11.8. The van der Waals surface area contributed by atoms with Gasteiger partial charge in [0.25, 0.3) is 0 Å². The van der Waals surface area contributed by atoms with Crippen LogP contribution in [0.25, 0.3) is 0 Å². The second-order valence-electron chi connectivity index (χ2n) is 5.48. The highest BCUT2D eigenvalue weighted by molar-refractivity contribution is 5.78. The molecular formula is C16H26N2O2. The Bertz CT molecular complexity index is 415. The normalized spacial score (nSPS) is 13.9. The van der Waals surface area contributed by atoms with Gasteiger partial charge in [-0.05, 0) is 37.5 Å². The zero-order valence-electron chi connectivity index (χ0n) is 13.1. The van der Waals surface area contributed by atoms with Gasteiger partial charge in [-0.1, -0.05) is 26.0 Å². The van der Waals surface area contributed by atoms with Crippen molar-refractivity contribution in [3.05, 3.63) is 29.8 Å². The SMILES string of the molecule is COc1ccc(C(C)NCC(=O)NC(C)C(C)C)cc1. The molecule has 4 heteroatoms. The molecule has 0 saturated carbocycles. The van der Waals surface area contributed by atoms with Crippen LogP contribution >= 0.6 is 0 Å². The van der Waals surface area contributed by atoms with Crippen molar-refractivity contribution in [1.82, 2.24) is 10.6 Å². The van der Waals surface area contributed by atoms with Crippen LogP contribution in [0.2, 0.25) is 0 Å². The van der Waals surface area contributed by atoms with E-state index in [2.05, 4.69) is 24.5 Å². The maximum Gasteiger partial charge on any atom is 0.234 e. The Kier molecular flexibility index (Phi) is 6.52. The second-order valence-corrected chi connectivity index (χ2v) is 5.48. The van der Waals surface area contributed by atoms with Gasteiger partial charge in [0.2, 0.25) is 5.91 Å². The van der Waals surface area contributed by atoms with Crippen LogP contribution in [-0.4, -0.2) is 25.6 Å². The number of carbonyl (C=O) groups excluding carboxylic acids is 1. The first kappa shape index (κ1) is 16.5. The highest BCUT2D eigenvalue weighted by Gasteiger charge is 2.12. The fourth-order valence-corrected chi connectivity index (χ4v) is 1.73. The summed E-state index contributed by atoms with van der Waals surface area (Å²) < 4.78 is 5.13. The molecule has 0 heterocycles. The van der Waals surface area contributed by atoms with Crippen molar-refractivity contribution >= 4 is 5.91 Å². The van der Waals surface area contributed by atoms with E-state index in [1.54, 1.807) is 7.11 Å². The van der Waals surface area contributed by atoms with Gasteiger partial charge in [0.1, 0.15) is 5.75 Å². The summed E-state index contributed by atoms with van der Waals surface area (Å²) in [5.74, 6) is 1.31. The van der Waals surface area contributed by atoms with Gasteiger partial charge in [-0.15, -0.1) is 0 Å². The van der Waals surface area contributed by atoms with E-state index < -0.39 is 0 Å². The van der Waals surface area contributed by atoms with E-state index in [-0.39, 0.29) is 18.0 Å². The van der Waals surface area contributed by atoms with Gasteiger partial charge in [-0.3, -0.25) is 4.79 Å². The summed E-state index contributed by atoms with van der Waals surface area (Å²) in [7, 11) is 1.65. The average Bonchev–Trinajstić information content (AvgIpc) is 2.44.